The minimum atomic E-state index is -0.586. The van der Waals surface area contributed by atoms with Gasteiger partial charge in [-0.3, -0.25) is 19.7 Å². The monoisotopic (exact) mass is 261 g/mol. The number of hydrogen-bond donors (Lipinski definition) is 2. The summed E-state index contributed by atoms with van der Waals surface area (Å²) in [5.74, 6) is -0.891. The van der Waals surface area contributed by atoms with Crippen LogP contribution in [0.4, 0.5) is 5.69 Å². The standard InChI is InChI=1S/C13H13N3O3/c14-9-3-1-2-7-8(9)6-16(13(7)19)10-4-5-11(17)15-12(10)18/h1-3,10H,4-6,14H2,(H,15,17,18)/i10+1,12+1. The molecule has 6 heteroatoms. The fourth-order valence-corrected chi connectivity index (χ4v) is 2.61. The van der Waals surface area contributed by atoms with Gasteiger partial charge >= 0.3 is 0 Å². The van der Waals surface area contributed by atoms with Crippen LogP contribution in [0.5, 0.6) is 0 Å². The molecule has 98 valence electrons. The Morgan fingerprint density at radius 1 is 1.26 bits per heavy atom. The maximum Gasteiger partial charge on any atom is 0.255 e. The van der Waals surface area contributed by atoms with Gasteiger partial charge in [-0.15, -0.1) is 0 Å². The van der Waals surface area contributed by atoms with Crippen molar-refractivity contribution in [3.8, 4) is 0 Å². The maximum absolute atomic E-state index is 12.3. The van der Waals surface area contributed by atoms with Gasteiger partial charge in [0.2, 0.25) is 11.8 Å². The lowest BCUT2D eigenvalue weighted by molar-refractivity contribution is -0.136. The smallest absolute Gasteiger partial charge is 0.255 e. The van der Waals surface area contributed by atoms with Crippen LogP contribution in [0.15, 0.2) is 18.2 Å². The molecule has 0 aliphatic carbocycles. The number of carbonyl (C=O) groups excluding carboxylic acids is 3. The molecule has 0 radical (unpaired) electrons. The van der Waals surface area contributed by atoms with Crippen molar-refractivity contribution in [2.45, 2.75) is 25.4 Å². The number of nitrogens with two attached hydrogens (primary N) is 1. The lowest BCUT2D eigenvalue weighted by atomic mass is 10.1. The van der Waals surface area contributed by atoms with E-state index in [1.54, 1.807) is 18.2 Å². The number of piperidine rings is 1. The molecule has 0 bridgehead atoms. The van der Waals surface area contributed by atoms with Crippen molar-refractivity contribution in [3.05, 3.63) is 29.3 Å². The van der Waals surface area contributed by atoms with Gasteiger partial charge in [-0.05, 0) is 18.6 Å². The van der Waals surface area contributed by atoms with E-state index in [9.17, 15) is 14.4 Å². The molecule has 3 amide bonds. The van der Waals surface area contributed by atoms with E-state index in [2.05, 4.69) is 5.32 Å². The number of amides is 3. The molecule has 2 heterocycles. The zero-order valence-corrected chi connectivity index (χ0v) is 10.2. The summed E-state index contributed by atoms with van der Waals surface area (Å²) in [6, 6.07) is 4.58. The predicted octanol–water partition coefficient (Wildman–Crippen LogP) is 0.0298. The second-order valence-corrected chi connectivity index (χ2v) is 4.77. The van der Waals surface area contributed by atoms with Crippen LogP contribution in [-0.4, -0.2) is 28.7 Å². The van der Waals surface area contributed by atoms with E-state index in [-0.39, 0.29) is 18.2 Å². The molecule has 1 saturated heterocycles. The first-order valence-corrected chi connectivity index (χ1v) is 6.10. The SMILES string of the molecule is Nc1cccc2c1CN([13CH]1CCC(=O)N[13C]1=O)C2=O. The summed E-state index contributed by atoms with van der Waals surface area (Å²) in [6.07, 6.45) is 0.621. The summed E-state index contributed by atoms with van der Waals surface area (Å²) in [7, 11) is 0. The van der Waals surface area contributed by atoms with E-state index >= 15 is 0 Å². The Balaban J connectivity index is 1.90. The third-order valence-electron chi connectivity index (χ3n) is 3.62. The molecular formula is C13H13N3O3. The second-order valence-electron chi connectivity index (χ2n) is 4.77. The Kier molecular flexibility index (Phi) is 2.51. The molecule has 6 nitrogen and oxygen atoms in total. The minimum absolute atomic E-state index is 0.197. The highest BCUT2D eigenvalue weighted by atomic mass is 16.2. The van der Waals surface area contributed by atoms with Crippen molar-refractivity contribution in [1.29, 1.82) is 0 Å². The lowest BCUT2D eigenvalue weighted by Crippen LogP contribution is -2.52. The number of carbonyl (C=O) groups is 3. The third kappa shape index (κ3) is 1.76. The summed E-state index contributed by atoms with van der Waals surface area (Å²) in [5.41, 5.74) is 7.71. The van der Waals surface area contributed by atoms with E-state index in [4.69, 9.17) is 5.73 Å². The number of imide groups is 1. The number of benzene rings is 1. The normalized spacial score (nSPS) is 22.4. The molecule has 1 atom stereocenters. The molecule has 1 fully saturated rings. The fraction of sp³-hybridized carbons (Fsp3) is 0.308. The zero-order chi connectivity index (χ0) is 13.6. The Hall–Kier alpha value is -2.37. The van der Waals surface area contributed by atoms with Crippen LogP contribution in [0.25, 0.3) is 0 Å². The van der Waals surface area contributed by atoms with Crippen LogP contribution in [-0.2, 0) is 16.1 Å². The predicted molar refractivity (Wildman–Crippen MR) is 66.9 cm³/mol. The van der Waals surface area contributed by atoms with E-state index in [1.165, 1.54) is 4.90 Å². The van der Waals surface area contributed by atoms with Gasteiger partial charge < -0.3 is 10.6 Å². The highest BCUT2D eigenvalue weighted by Crippen LogP contribution is 2.30. The van der Waals surface area contributed by atoms with E-state index in [1.807, 2.05) is 0 Å². The van der Waals surface area contributed by atoms with Crippen molar-refractivity contribution < 1.29 is 14.4 Å². The van der Waals surface area contributed by atoms with Crippen LogP contribution in [0, 0.1) is 0 Å². The molecular weight excluding hydrogens is 248 g/mol. The first kappa shape index (κ1) is 11.7. The average molecular weight is 261 g/mol. The Morgan fingerprint density at radius 2 is 2.05 bits per heavy atom. The Morgan fingerprint density at radius 3 is 2.74 bits per heavy atom. The number of nitrogens with one attached hydrogen (secondary N) is 1. The van der Waals surface area contributed by atoms with Crippen LogP contribution < -0.4 is 11.1 Å². The molecule has 2 aliphatic heterocycles. The minimum Gasteiger partial charge on any atom is -0.398 e. The van der Waals surface area contributed by atoms with Crippen molar-refractivity contribution in [2.24, 2.45) is 0 Å². The highest BCUT2D eigenvalue weighted by molar-refractivity contribution is 6.06. The number of nitrogens with zero attached hydrogens (tertiary/aromatic N) is 1. The lowest BCUT2D eigenvalue weighted by Gasteiger charge is -2.29. The first-order valence-electron chi connectivity index (χ1n) is 6.10. The van der Waals surface area contributed by atoms with Crippen molar-refractivity contribution in [2.75, 3.05) is 5.73 Å². The fourth-order valence-electron chi connectivity index (χ4n) is 2.61. The van der Waals surface area contributed by atoms with Crippen LogP contribution in [0.1, 0.15) is 28.8 Å². The topological polar surface area (TPSA) is 92.5 Å². The van der Waals surface area contributed by atoms with Crippen molar-refractivity contribution in [1.82, 2.24) is 10.2 Å². The summed E-state index contributed by atoms with van der Waals surface area (Å²) in [6.45, 7) is 0.327. The average Bonchev–Trinajstić information content (AvgIpc) is 2.69. The Bertz CT molecular complexity index is 597. The van der Waals surface area contributed by atoms with Crippen LogP contribution in [0.2, 0.25) is 0 Å². The second kappa shape index (κ2) is 4.08. The number of nitrogen functional groups attached to an aromatic ring is 1. The van der Waals surface area contributed by atoms with Gasteiger partial charge in [-0.25, -0.2) is 0 Å². The maximum atomic E-state index is 12.3. The van der Waals surface area contributed by atoms with E-state index in [0.717, 1.165) is 5.56 Å². The van der Waals surface area contributed by atoms with Gasteiger partial charge in [0, 0.05) is 29.8 Å². The summed E-state index contributed by atoms with van der Waals surface area (Å²) >= 11 is 0. The molecule has 0 saturated carbocycles. The molecule has 0 spiro atoms. The van der Waals surface area contributed by atoms with Gasteiger partial charge in [0.15, 0.2) is 0 Å². The highest BCUT2D eigenvalue weighted by Gasteiger charge is 2.39. The molecule has 2 aliphatic rings. The molecule has 1 unspecified atom stereocenters. The summed E-state index contributed by atoms with van der Waals surface area (Å²) in [4.78, 5) is 36.7. The molecule has 3 N–H and O–H groups in total. The third-order valence-corrected chi connectivity index (χ3v) is 3.62. The van der Waals surface area contributed by atoms with Crippen molar-refractivity contribution in [3.63, 3.8) is 0 Å². The molecule has 1 aromatic carbocycles. The Labute approximate surface area is 109 Å². The summed E-state index contributed by atoms with van der Waals surface area (Å²) < 4.78 is 0. The van der Waals surface area contributed by atoms with Gasteiger partial charge in [0.1, 0.15) is 6.04 Å². The van der Waals surface area contributed by atoms with E-state index < -0.39 is 11.9 Å². The van der Waals surface area contributed by atoms with Gasteiger partial charge in [0.05, 0.1) is 0 Å². The van der Waals surface area contributed by atoms with Gasteiger partial charge in [-0.2, -0.15) is 0 Å². The van der Waals surface area contributed by atoms with Gasteiger partial charge in [0.25, 0.3) is 5.91 Å². The number of anilines is 1. The first-order chi connectivity index (χ1) is 9.08. The molecule has 19 heavy (non-hydrogen) atoms. The van der Waals surface area contributed by atoms with Crippen LogP contribution >= 0.6 is 0 Å². The van der Waals surface area contributed by atoms with Crippen molar-refractivity contribution >= 4 is 23.4 Å². The number of fused-ring (bicyclic) bond motifs is 1. The van der Waals surface area contributed by atoms with Gasteiger partial charge in [-0.1, -0.05) is 6.07 Å². The summed E-state index contributed by atoms with van der Waals surface area (Å²) in [5, 5.41) is 2.27. The number of rotatable bonds is 1. The quantitative estimate of drug-likeness (QED) is 0.424. The zero-order valence-electron chi connectivity index (χ0n) is 10.2. The van der Waals surface area contributed by atoms with E-state index in [0.29, 0.717) is 24.2 Å². The largest absolute Gasteiger partial charge is 0.398 e. The molecule has 3 rings (SSSR count). The molecule has 0 aromatic heterocycles. The number of hydrogen-bond acceptors (Lipinski definition) is 4. The molecule has 1 aromatic rings. The van der Waals surface area contributed by atoms with Crippen LogP contribution in [0.3, 0.4) is 0 Å².